The molecule has 0 saturated carbocycles. The summed E-state index contributed by atoms with van der Waals surface area (Å²) in [6, 6.07) is 4.31. The molecule has 1 aromatic rings. The monoisotopic (exact) mass is 254 g/mol. The third-order valence-corrected chi connectivity index (χ3v) is 3.39. The summed E-state index contributed by atoms with van der Waals surface area (Å²) in [7, 11) is 0. The summed E-state index contributed by atoms with van der Waals surface area (Å²) >= 11 is 0. The first kappa shape index (κ1) is 13.4. The maximum Gasteiger partial charge on any atom is 0.129 e. The van der Waals surface area contributed by atoms with Crippen LogP contribution in [0.15, 0.2) is 18.2 Å². The fourth-order valence-electron chi connectivity index (χ4n) is 2.32. The highest BCUT2D eigenvalue weighted by Gasteiger charge is 2.11. The number of benzene rings is 1. The van der Waals surface area contributed by atoms with Crippen LogP contribution in [0.1, 0.15) is 24.8 Å². The lowest BCUT2D eigenvalue weighted by Crippen LogP contribution is -2.42. The Hall–Kier alpha value is -1.00. The lowest BCUT2D eigenvalue weighted by molar-refractivity contribution is 0.384. The molecular formula is C14H20F2N2. The minimum Gasteiger partial charge on any atom is -0.315 e. The number of hydrogen-bond acceptors (Lipinski definition) is 2. The molecule has 0 amide bonds. The van der Waals surface area contributed by atoms with E-state index in [4.69, 9.17) is 0 Å². The molecular weight excluding hydrogens is 234 g/mol. The number of piperidine rings is 1. The van der Waals surface area contributed by atoms with Crippen LogP contribution in [-0.2, 0) is 6.42 Å². The first-order valence-corrected chi connectivity index (χ1v) is 6.64. The number of halogens is 2. The Morgan fingerprint density at radius 3 is 2.89 bits per heavy atom. The summed E-state index contributed by atoms with van der Waals surface area (Å²) in [5, 5.41) is 6.77. The molecule has 0 spiro atoms. The normalized spacial score (nSPS) is 20.0. The number of rotatable bonds is 5. The van der Waals surface area contributed by atoms with E-state index in [1.807, 2.05) is 0 Å². The van der Waals surface area contributed by atoms with Gasteiger partial charge in [-0.15, -0.1) is 0 Å². The Balaban J connectivity index is 1.68. The van der Waals surface area contributed by atoms with Crippen molar-refractivity contribution in [2.75, 3.05) is 19.6 Å². The maximum absolute atomic E-state index is 13.4. The Morgan fingerprint density at radius 2 is 2.17 bits per heavy atom. The van der Waals surface area contributed by atoms with Crippen molar-refractivity contribution in [3.63, 3.8) is 0 Å². The van der Waals surface area contributed by atoms with Gasteiger partial charge in [-0.05, 0) is 44.0 Å². The van der Waals surface area contributed by atoms with Gasteiger partial charge in [0, 0.05) is 18.7 Å². The third kappa shape index (κ3) is 4.03. The van der Waals surface area contributed by atoms with Gasteiger partial charge in [-0.3, -0.25) is 0 Å². The lowest BCUT2D eigenvalue weighted by atomic mass is 10.1. The molecule has 1 saturated heterocycles. The highest BCUT2D eigenvalue weighted by Crippen LogP contribution is 2.10. The summed E-state index contributed by atoms with van der Waals surface area (Å²) in [6.07, 6.45) is 4.35. The van der Waals surface area contributed by atoms with Crippen LogP contribution >= 0.6 is 0 Å². The van der Waals surface area contributed by atoms with Crippen molar-refractivity contribution in [3.05, 3.63) is 35.4 Å². The summed E-state index contributed by atoms with van der Waals surface area (Å²) in [5.74, 6) is -0.969. The molecule has 1 aliphatic rings. The SMILES string of the molecule is Fc1ccc(CCNCC2CCCCN2)c(F)c1. The van der Waals surface area contributed by atoms with Crippen molar-refractivity contribution >= 4 is 0 Å². The second-order valence-corrected chi connectivity index (χ2v) is 4.84. The third-order valence-electron chi connectivity index (χ3n) is 3.39. The molecule has 1 unspecified atom stereocenters. The maximum atomic E-state index is 13.4. The number of hydrogen-bond donors (Lipinski definition) is 2. The van der Waals surface area contributed by atoms with Crippen molar-refractivity contribution in [2.45, 2.75) is 31.7 Å². The molecule has 0 bridgehead atoms. The highest BCUT2D eigenvalue weighted by molar-refractivity contribution is 5.18. The summed E-state index contributed by atoms with van der Waals surface area (Å²) in [4.78, 5) is 0. The molecule has 1 atom stereocenters. The Bertz CT molecular complexity index is 376. The Kier molecular flexibility index (Phi) is 5.08. The largest absolute Gasteiger partial charge is 0.315 e. The van der Waals surface area contributed by atoms with Gasteiger partial charge in [0.05, 0.1) is 0 Å². The van der Waals surface area contributed by atoms with E-state index in [0.29, 0.717) is 18.0 Å². The fraction of sp³-hybridized carbons (Fsp3) is 0.571. The summed E-state index contributed by atoms with van der Waals surface area (Å²) < 4.78 is 26.1. The average Bonchev–Trinajstić information content (AvgIpc) is 2.38. The first-order chi connectivity index (χ1) is 8.75. The van der Waals surface area contributed by atoms with Crippen LogP contribution in [0.5, 0.6) is 0 Å². The average molecular weight is 254 g/mol. The van der Waals surface area contributed by atoms with Crippen molar-refractivity contribution in [3.8, 4) is 0 Å². The van der Waals surface area contributed by atoms with Crippen LogP contribution in [0.3, 0.4) is 0 Å². The minimum absolute atomic E-state index is 0.451. The van der Waals surface area contributed by atoms with E-state index in [-0.39, 0.29) is 0 Å². The predicted molar refractivity (Wildman–Crippen MR) is 68.6 cm³/mol. The van der Waals surface area contributed by atoms with Crippen LogP contribution in [0.2, 0.25) is 0 Å². The second kappa shape index (κ2) is 6.81. The molecule has 2 nitrogen and oxygen atoms in total. The van der Waals surface area contributed by atoms with E-state index in [2.05, 4.69) is 10.6 Å². The molecule has 0 radical (unpaired) electrons. The molecule has 2 rings (SSSR count). The van der Waals surface area contributed by atoms with E-state index in [1.165, 1.54) is 31.4 Å². The van der Waals surface area contributed by atoms with E-state index >= 15 is 0 Å². The van der Waals surface area contributed by atoms with Gasteiger partial charge < -0.3 is 10.6 Å². The van der Waals surface area contributed by atoms with Gasteiger partial charge in [0.25, 0.3) is 0 Å². The van der Waals surface area contributed by atoms with E-state index < -0.39 is 11.6 Å². The van der Waals surface area contributed by atoms with Gasteiger partial charge in [-0.25, -0.2) is 8.78 Å². The van der Waals surface area contributed by atoms with Gasteiger partial charge in [-0.1, -0.05) is 12.5 Å². The van der Waals surface area contributed by atoms with Crippen LogP contribution in [0.25, 0.3) is 0 Å². The highest BCUT2D eigenvalue weighted by atomic mass is 19.1. The topological polar surface area (TPSA) is 24.1 Å². The fourth-order valence-corrected chi connectivity index (χ4v) is 2.32. The summed E-state index contributed by atoms with van der Waals surface area (Å²) in [5.41, 5.74) is 0.570. The van der Waals surface area contributed by atoms with E-state index in [0.717, 1.165) is 25.7 Å². The zero-order valence-corrected chi connectivity index (χ0v) is 10.5. The van der Waals surface area contributed by atoms with Gasteiger partial charge in [0.2, 0.25) is 0 Å². The van der Waals surface area contributed by atoms with Crippen molar-refractivity contribution in [2.24, 2.45) is 0 Å². The quantitative estimate of drug-likeness (QED) is 0.787. The molecule has 1 fully saturated rings. The van der Waals surface area contributed by atoms with Gasteiger partial charge in [0.15, 0.2) is 0 Å². The molecule has 1 heterocycles. The molecule has 1 aromatic carbocycles. The van der Waals surface area contributed by atoms with E-state index in [9.17, 15) is 8.78 Å². The molecule has 2 N–H and O–H groups in total. The summed E-state index contributed by atoms with van der Waals surface area (Å²) in [6.45, 7) is 2.74. The van der Waals surface area contributed by atoms with Crippen molar-refractivity contribution in [1.29, 1.82) is 0 Å². The van der Waals surface area contributed by atoms with Gasteiger partial charge in [0.1, 0.15) is 11.6 Å². The number of nitrogens with one attached hydrogen (secondary N) is 2. The van der Waals surface area contributed by atoms with Gasteiger partial charge >= 0.3 is 0 Å². The van der Waals surface area contributed by atoms with E-state index in [1.54, 1.807) is 0 Å². The van der Waals surface area contributed by atoms with Crippen LogP contribution in [0, 0.1) is 11.6 Å². The lowest BCUT2D eigenvalue weighted by Gasteiger charge is -2.23. The smallest absolute Gasteiger partial charge is 0.129 e. The van der Waals surface area contributed by atoms with Gasteiger partial charge in [-0.2, -0.15) is 0 Å². The molecule has 1 aliphatic heterocycles. The van der Waals surface area contributed by atoms with Crippen LogP contribution in [-0.4, -0.2) is 25.7 Å². The first-order valence-electron chi connectivity index (χ1n) is 6.64. The molecule has 18 heavy (non-hydrogen) atoms. The Labute approximate surface area is 107 Å². The molecule has 4 heteroatoms. The molecule has 0 aromatic heterocycles. The zero-order valence-electron chi connectivity index (χ0n) is 10.5. The Morgan fingerprint density at radius 1 is 1.28 bits per heavy atom. The minimum atomic E-state index is -0.518. The second-order valence-electron chi connectivity index (χ2n) is 4.84. The predicted octanol–water partition coefficient (Wildman–Crippen LogP) is 2.24. The van der Waals surface area contributed by atoms with Crippen LogP contribution in [0.4, 0.5) is 8.78 Å². The molecule has 0 aliphatic carbocycles. The van der Waals surface area contributed by atoms with Crippen molar-refractivity contribution in [1.82, 2.24) is 10.6 Å². The molecule has 100 valence electrons. The van der Waals surface area contributed by atoms with Crippen molar-refractivity contribution < 1.29 is 8.78 Å². The zero-order chi connectivity index (χ0) is 12.8. The standard InChI is InChI=1S/C14H20F2N2/c15-12-5-4-11(14(16)9-12)6-8-17-10-13-3-1-2-7-18-13/h4-5,9,13,17-18H,1-3,6-8,10H2. The van der Waals surface area contributed by atoms with Crippen LogP contribution < -0.4 is 10.6 Å².